The molecule has 0 spiro atoms. The van der Waals surface area contributed by atoms with Crippen molar-refractivity contribution in [3.8, 4) is 0 Å². The van der Waals surface area contributed by atoms with Crippen LogP contribution in [0.3, 0.4) is 0 Å². The first kappa shape index (κ1) is 11.9. The second kappa shape index (κ2) is 4.14. The first-order chi connectivity index (χ1) is 6.35. The van der Waals surface area contributed by atoms with Gasteiger partial charge in [0.1, 0.15) is 0 Å². The molecule has 0 aromatic heterocycles. The van der Waals surface area contributed by atoms with Crippen molar-refractivity contribution >= 4 is 10.2 Å². The molecular formula is C8H19N3O2S. The highest BCUT2D eigenvalue weighted by molar-refractivity contribution is 7.87. The second-order valence-corrected chi connectivity index (χ2v) is 5.87. The van der Waals surface area contributed by atoms with Gasteiger partial charge in [0, 0.05) is 11.6 Å². The Bertz CT molecular complexity index is 283. The summed E-state index contributed by atoms with van der Waals surface area (Å²) in [7, 11) is -3.35. The van der Waals surface area contributed by atoms with E-state index in [1.807, 2.05) is 13.8 Å². The molecule has 1 fully saturated rings. The zero-order valence-corrected chi connectivity index (χ0v) is 9.52. The fourth-order valence-electron chi connectivity index (χ4n) is 1.23. The minimum absolute atomic E-state index is 0.140. The van der Waals surface area contributed by atoms with Gasteiger partial charge in [-0.1, -0.05) is 0 Å². The molecule has 4 N–H and O–H groups in total. The van der Waals surface area contributed by atoms with Gasteiger partial charge in [0.05, 0.1) is 0 Å². The van der Waals surface area contributed by atoms with Crippen LogP contribution in [0.2, 0.25) is 0 Å². The molecule has 0 heterocycles. The highest BCUT2D eigenvalue weighted by Gasteiger charge is 2.30. The van der Waals surface area contributed by atoms with E-state index in [1.54, 1.807) is 0 Å². The van der Waals surface area contributed by atoms with Crippen LogP contribution in [0.4, 0.5) is 0 Å². The van der Waals surface area contributed by atoms with Gasteiger partial charge in [0.25, 0.3) is 10.2 Å². The summed E-state index contributed by atoms with van der Waals surface area (Å²) >= 11 is 0. The van der Waals surface area contributed by atoms with Crippen molar-refractivity contribution in [3.63, 3.8) is 0 Å². The Labute approximate surface area is 85.6 Å². The average Bonchev–Trinajstić information content (AvgIpc) is 2.66. The first-order valence-electron chi connectivity index (χ1n) is 4.86. The maximum Gasteiger partial charge on any atom is 0.277 e. The Morgan fingerprint density at radius 1 is 1.43 bits per heavy atom. The Morgan fingerprint density at radius 3 is 2.43 bits per heavy atom. The van der Waals surface area contributed by atoms with Gasteiger partial charge in [0.15, 0.2) is 0 Å². The number of hydrogen-bond donors (Lipinski definition) is 3. The molecule has 0 bridgehead atoms. The van der Waals surface area contributed by atoms with Crippen LogP contribution >= 0.6 is 0 Å². The lowest BCUT2D eigenvalue weighted by molar-refractivity contribution is 0.424. The minimum Gasteiger partial charge on any atom is -0.330 e. The number of rotatable bonds is 6. The van der Waals surface area contributed by atoms with E-state index in [0.29, 0.717) is 13.0 Å². The molecule has 1 aliphatic carbocycles. The van der Waals surface area contributed by atoms with Crippen molar-refractivity contribution in [1.82, 2.24) is 9.44 Å². The summed E-state index contributed by atoms with van der Waals surface area (Å²) in [5, 5.41) is 0. The van der Waals surface area contributed by atoms with Crippen LogP contribution in [0.1, 0.15) is 33.1 Å². The van der Waals surface area contributed by atoms with E-state index < -0.39 is 15.7 Å². The van der Waals surface area contributed by atoms with Crippen molar-refractivity contribution in [1.29, 1.82) is 0 Å². The van der Waals surface area contributed by atoms with Crippen LogP contribution in [-0.4, -0.2) is 26.5 Å². The molecule has 0 aliphatic heterocycles. The number of nitrogens with one attached hydrogen (secondary N) is 2. The predicted octanol–water partition coefficient (Wildman–Crippen LogP) is -0.300. The highest BCUT2D eigenvalue weighted by Crippen LogP contribution is 2.20. The maximum absolute atomic E-state index is 11.5. The van der Waals surface area contributed by atoms with Gasteiger partial charge >= 0.3 is 0 Å². The number of nitrogens with two attached hydrogens (primary N) is 1. The third-order valence-electron chi connectivity index (χ3n) is 2.08. The molecule has 0 aromatic rings. The van der Waals surface area contributed by atoms with Crippen molar-refractivity contribution in [3.05, 3.63) is 0 Å². The van der Waals surface area contributed by atoms with Crippen molar-refractivity contribution < 1.29 is 8.42 Å². The van der Waals surface area contributed by atoms with E-state index in [1.165, 1.54) is 0 Å². The highest BCUT2D eigenvalue weighted by atomic mass is 32.2. The van der Waals surface area contributed by atoms with Gasteiger partial charge in [-0.25, -0.2) is 0 Å². The van der Waals surface area contributed by atoms with Gasteiger partial charge in [0.2, 0.25) is 0 Å². The molecule has 0 radical (unpaired) electrons. The first-order valence-corrected chi connectivity index (χ1v) is 6.34. The second-order valence-electron chi connectivity index (χ2n) is 4.42. The lowest BCUT2D eigenvalue weighted by Gasteiger charge is -2.25. The smallest absolute Gasteiger partial charge is 0.277 e. The van der Waals surface area contributed by atoms with Crippen LogP contribution in [0, 0.1) is 0 Å². The summed E-state index contributed by atoms with van der Waals surface area (Å²) < 4.78 is 28.2. The summed E-state index contributed by atoms with van der Waals surface area (Å²) in [5.41, 5.74) is 4.92. The molecule has 0 aromatic carbocycles. The van der Waals surface area contributed by atoms with E-state index in [9.17, 15) is 8.42 Å². The monoisotopic (exact) mass is 221 g/mol. The Balaban J connectivity index is 2.47. The van der Waals surface area contributed by atoms with Gasteiger partial charge in [-0.3, -0.25) is 0 Å². The largest absolute Gasteiger partial charge is 0.330 e. The standard InChI is InChI=1S/C8H19N3O2S/c1-8(2,5-6-9)11-14(12,13)10-7-3-4-7/h7,10-11H,3-6,9H2,1-2H3. The lowest BCUT2D eigenvalue weighted by Crippen LogP contribution is -2.50. The van der Waals surface area contributed by atoms with Crippen molar-refractivity contribution in [2.24, 2.45) is 5.73 Å². The molecule has 1 aliphatic rings. The SMILES string of the molecule is CC(C)(CCN)NS(=O)(=O)NC1CC1. The van der Waals surface area contributed by atoms with Crippen LogP contribution in [0.25, 0.3) is 0 Å². The quantitative estimate of drug-likeness (QED) is 0.576. The summed E-state index contributed by atoms with van der Waals surface area (Å²) in [6, 6.07) is 0.140. The van der Waals surface area contributed by atoms with E-state index in [0.717, 1.165) is 12.8 Å². The fourth-order valence-corrected chi connectivity index (χ4v) is 2.79. The Hall–Kier alpha value is -0.170. The maximum atomic E-state index is 11.5. The molecular weight excluding hydrogens is 202 g/mol. The zero-order chi connectivity index (χ0) is 10.8. The summed E-state index contributed by atoms with van der Waals surface area (Å²) in [6.45, 7) is 4.12. The van der Waals surface area contributed by atoms with Crippen molar-refractivity contribution in [2.45, 2.75) is 44.7 Å². The molecule has 0 atom stereocenters. The molecule has 0 saturated heterocycles. The summed E-state index contributed by atoms with van der Waals surface area (Å²) in [5.74, 6) is 0. The fraction of sp³-hybridized carbons (Fsp3) is 1.00. The van der Waals surface area contributed by atoms with Crippen LogP contribution < -0.4 is 15.2 Å². The van der Waals surface area contributed by atoms with Gasteiger partial charge in [-0.15, -0.1) is 0 Å². The molecule has 5 nitrogen and oxygen atoms in total. The molecule has 0 amide bonds. The normalized spacial score (nSPS) is 18.5. The van der Waals surface area contributed by atoms with Gasteiger partial charge in [-0.2, -0.15) is 17.9 Å². The molecule has 14 heavy (non-hydrogen) atoms. The lowest BCUT2D eigenvalue weighted by atomic mass is 10.0. The van der Waals surface area contributed by atoms with Gasteiger partial charge in [-0.05, 0) is 39.7 Å². The van der Waals surface area contributed by atoms with Crippen LogP contribution in [0.5, 0.6) is 0 Å². The molecule has 0 unspecified atom stereocenters. The Morgan fingerprint density at radius 2 is 2.00 bits per heavy atom. The third kappa shape index (κ3) is 4.36. The third-order valence-corrected chi connectivity index (χ3v) is 3.54. The number of hydrogen-bond acceptors (Lipinski definition) is 3. The van der Waals surface area contributed by atoms with E-state index in [2.05, 4.69) is 9.44 Å². The van der Waals surface area contributed by atoms with Crippen LogP contribution in [0.15, 0.2) is 0 Å². The Kier molecular flexibility index (Phi) is 3.52. The molecule has 84 valence electrons. The zero-order valence-electron chi connectivity index (χ0n) is 8.71. The topological polar surface area (TPSA) is 84.2 Å². The summed E-state index contributed by atoms with van der Waals surface area (Å²) in [6.07, 6.45) is 2.51. The molecule has 1 saturated carbocycles. The predicted molar refractivity (Wildman–Crippen MR) is 56.0 cm³/mol. The average molecular weight is 221 g/mol. The minimum atomic E-state index is -3.35. The van der Waals surface area contributed by atoms with Gasteiger partial charge < -0.3 is 5.73 Å². The summed E-state index contributed by atoms with van der Waals surface area (Å²) in [4.78, 5) is 0. The van der Waals surface area contributed by atoms with E-state index in [-0.39, 0.29) is 6.04 Å². The van der Waals surface area contributed by atoms with E-state index >= 15 is 0 Å². The van der Waals surface area contributed by atoms with Crippen molar-refractivity contribution in [2.75, 3.05) is 6.54 Å². The molecule has 6 heteroatoms. The van der Waals surface area contributed by atoms with E-state index in [4.69, 9.17) is 5.73 Å². The molecule has 1 rings (SSSR count). The van der Waals surface area contributed by atoms with Crippen LogP contribution in [-0.2, 0) is 10.2 Å².